The molecular formula is C30H36F2N8O. The van der Waals surface area contributed by atoms with E-state index >= 15 is 0 Å². The number of halogens is 2. The van der Waals surface area contributed by atoms with Crippen molar-refractivity contribution in [1.82, 2.24) is 34.6 Å². The van der Waals surface area contributed by atoms with Gasteiger partial charge in [-0.05, 0) is 35.4 Å². The van der Waals surface area contributed by atoms with Crippen molar-refractivity contribution < 1.29 is 8.78 Å². The molecule has 2 aromatic heterocycles. The minimum atomic E-state index is -0.218. The van der Waals surface area contributed by atoms with E-state index in [1.165, 1.54) is 24.3 Å². The molecule has 0 unspecified atom stereocenters. The van der Waals surface area contributed by atoms with Crippen molar-refractivity contribution in [2.24, 2.45) is 0 Å². The number of hydrogen-bond acceptors (Lipinski definition) is 7. The number of nitrogens with one attached hydrogen (secondary N) is 2. The van der Waals surface area contributed by atoms with Gasteiger partial charge in [0.25, 0.3) is 5.56 Å². The number of hydrogen-bond donors (Lipinski definition) is 3. The van der Waals surface area contributed by atoms with Gasteiger partial charge >= 0.3 is 0 Å². The average molecular weight is 563 g/mol. The quantitative estimate of drug-likeness (QED) is 0.304. The molecule has 0 spiro atoms. The molecule has 216 valence electrons. The SMILES string of the molecule is Nc1nc2[nH]c(CN3CCN(Cc4ccc(F)cc4)CC3)c(CN3CCN(Cc4ccc(F)cc4)CC3)c2c(=O)[nH]1. The van der Waals surface area contributed by atoms with Gasteiger partial charge in [0, 0.05) is 89.8 Å². The lowest BCUT2D eigenvalue weighted by Gasteiger charge is -2.36. The highest BCUT2D eigenvalue weighted by molar-refractivity contribution is 5.81. The van der Waals surface area contributed by atoms with Gasteiger partial charge < -0.3 is 10.7 Å². The third-order valence-corrected chi connectivity index (χ3v) is 8.21. The van der Waals surface area contributed by atoms with E-state index in [0.29, 0.717) is 24.1 Å². The number of H-pyrrole nitrogens is 2. The van der Waals surface area contributed by atoms with Crippen LogP contribution in [0.25, 0.3) is 11.0 Å². The Morgan fingerprint density at radius 1 is 0.659 bits per heavy atom. The van der Waals surface area contributed by atoms with Crippen LogP contribution in [0.3, 0.4) is 0 Å². The Kier molecular flexibility index (Phi) is 8.11. The van der Waals surface area contributed by atoms with Crippen LogP contribution >= 0.6 is 0 Å². The monoisotopic (exact) mass is 562 g/mol. The summed E-state index contributed by atoms with van der Waals surface area (Å²) in [6, 6.07) is 13.4. The molecule has 4 aromatic rings. The predicted octanol–water partition coefficient (Wildman–Crippen LogP) is 2.75. The average Bonchev–Trinajstić information content (AvgIpc) is 3.29. The molecule has 0 amide bonds. The number of nitrogens with zero attached hydrogens (tertiary/aromatic N) is 5. The standard InChI is InChI=1S/C30H36F2N8O/c31-23-5-1-21(2-6-23)17-37-9-13-39(14-10-37)19-25-26(34-28-27(25)29(41)36-30(33)35-28)20-40-15-11-38(12-16-40)18-22-3-7-24(32)8-4-22/h1-8H,9-20H2,(H4,33,34,35,36,41). The number of aromatic amines is 2. The normalized spacial score (nSPS) is 17.9. The Hall–Kier alpha value is -3.64. The number of aromatic nitrogens is 3. The van der Waals surface area contributed by atoms with Crippen LogP contribution in [0.1, 0.15) is 22.4 Å². The highest BCUT2D eigenvalue weighted by Crippen LogP contribution is 2.24. The second kappa shape index (κ2) is 12.1. The lowest BCUT2D eigenvalue weighted by Crippen LogP contribution is -2.46. The van der Waals surface area contributed by atoms with E-state index in [0.717, 1.165) is 87.8 Å². The Bertz CT molecular complexity index is 1520. The van der Waals surface area contributed by atoms with Crippen LogP contribution < -0.4 is 11.3 Å². The summed E-state index contributed by atoms with van der Waals surface area (Å²) in [6.45, 7) is 10.1. The summed E-state index contributed by atoms with van der Waals surface area (Å²) in [6.07, 6.45) is 0. The molecule has 0 saturated carbocycles. The van der Waals surface area contributed by atoms with Gasteiger partial charge in [0.2, 0.25) is 5.95 Å². The minimum absolute atomic E-state index is 0.102. The van der Waals surface area contributed by atoms with E-state index in [-0.39, 0.29) is 23.1 Å². The van der Waals surface area contributed by atoms with E-state index in [2.05, 4.69) is 34.6 Å². The van der Waals surface area contributed by atoms with Gasteiger partial charge in [-0.3, -0.25) is 29.4 Å². The molecule has 11 heteroatoms. The second-order valence-corrected chi connectivity index (χ2v) is 11.1. The summed E-state index contributed by atoms with van der Waals surface area (Å²) in [5, 5.41) is 0.581. The third kappa shape index (κ3) is 6.65. The van der Waals surface area contributed by atoms with Gasteiger partial charge in [-0.15, -0.1) is 0 Å². The molecule has 9 nitrogen and oxygen atoms in total. The number of rotatable bonds is 8. The van der Waals surface area contributed by atoms with E-state index in [9.17, 15) is 13.6 Å². The molecular weight excluding hydrogens is 526 g/mol. The van der Waals surface area contributed by atoms with E-state index in [1.807, 2.05) is 24.3 Å². The Morgan fingerprint density at radius 2 is 1.10 bits per heavy atom. The first kappa shape index (κ1) is 27.5. The topological polar surface area (TPSA) is 101 Å². The lowest BCUT2D eigenvalue weighted by molar-refractivity contribution is 0.116. The highest BCUT2D eigenvalue weighted by atomic mass is 19.1. The summed E-state index contributed by atoms with van der Waals surface area (Å²) in [5.74, 6) is -0.327. The van der Waals surface area contributed by atoms with Crippen LogP contribution in [-0.2, 0) is 26.2 Å². The first-order chi connectivity index (χ1) is 19.9. The Morgan fingerprint density at radius 3 is 1.59 bits per heavy atom. The van der Waals surface area contributed by atoms with Crippen molar-refractivity contribution in [3.63, 3.8) is 0 Å². The molecule has 4 N–H and O–H groups in total. The molecule has 2 fully saturated rings. The maximum Gasteiger partial charge on any atom is 0.262 e. The first-order valence-electron chi connectivity index (χ1n) is 14.2. The molecule has 2 aromatic carbocycles. The van der Waals surface area contributed by atoms with Gasteiger partial charge in [0.1, 0.15) is 17.3 Å². The number of benzene rings is 2. The maximum absolute atomic E-state index is 13.3. The molecule has 41 heavy (non-hydrogen) atoms. The van der Waals surface area contributed by atoms with Crippen molar-refractivity contribution >= 4 is 17.0 Å². The number of piperazine rings is 2. The minimum Gasteiger partial charge on any atom is -0.369 e. The fourth-order valence-electron chi connectivity index (χ4n) is 5.89. The van der Waals surface area contributed by atoms with Crippen LogP contribution in [0.5, 0.6) is 0 Å². The fourth-order valence-corrected chi connectivity index (χ4v) is 5.89. The van der Waals surface area contributed by atoms with Crippen molar-refractivity contribution in [2.75, 3.05) is 58.1 Å². The summed E-state index contributed by atoms with van der Waals surface area (Å²) in [5.41, 5.74) is 10.4. The van der Waals surface area contributed by atoms with E-state index < -0.39 is 0 Å². The largest absolute Gasteiger partial charge is 0.369 e. The van der Waals surface area contributed by atoms with Gasteiger partial charge in [-0.2, -0.15) is 4.98 Å². The molecule has 0 radical (unpaired) electrons. The molecule has 6 rings (SSSR count). The molecule has 0 atom stereocenters. The van der Waals surface area contributed by atoms with Crippen LogP contribution in [-0.4, -0.2) is 86.9 Å². The Balaban J connectivity index is 1.11. The molecule has 2 saturated heterocycles. The predicted molar refractivity (Wildman–Crippen MR) is 155 cm³/mol. The zero-order valence-corrected chi connectivity index (χ0v) is 23.1. The number of anilines is 1. The molecule has 2 aliphatic heterocycles. The summed E-state index contributed by atoms with van der Waals surface area (Å²) >= 11 is 0. The van der Waals surface area contributed by atoms with Crippen molar-refractivity contribution in [3.8, 4) is 0 Å². The van der Waals surface area contributed by atoms with Crippen LogP contribution in [0.15, 0.2) is 53.3 Å². The number of nitrogen functional groups attached to an aromatic ring is 1. The zero-order valence-electron chi connectivity index (χ0n) is 23.1. The summed E-state index contributed by atoms with van der Waals surface area (Å²) in [4.78, 5) is 33.0. The molecule has 2 aliphatic rings. The van der Waals surface area contributed by atoms with Crippen LogP contribution in [0.2, 0.25) is 0 Å². The Labute approximate surface area is 237 Å². The molecule has 4 heterocycles. The van der Waals surface area contributed by atoms with Gasteiger partial charge in [-0.25, -0.2) is 8.78 Å². The lowest BCUT2D eigenvalue weighted by atomic mass is 10.1. The van der Waals surface area contributed by atoms with Gasteiger partial charge in [-0.1, -0.05) is 24.3 Å². The zero-order chi connectivity index (χ0) is 28.3. The van der Waals surface area contributed by atoms with Crippen molar-refractivity contribution in [1.29, 1.82) is 0 Å². The highest BCUT2D eigenvalue weighted by Gasteiger charge is 2.25. The maximum atomic E-state index is 13.3. The van der Waals surface area contributed by atoms with Crippen LogP contribution in [0, 0.1) is 11.6 Å². The van der Waals surface area contributed by atoms with E-state index in [4.69, 9.17) is 5.73 Å². The van der Waals surface area contributed by atoms with Gasteiger partial charge in [0.05, 0.1) is 5.39 Å². The molecule has 0 aliphatic carbocycles. The van der Waals surface area contributed by atoms with Crippen LogP contribution in [0.4, 0.5) is 14.7 Å². The number of nitrogens with two attached hydrogens (primary N) is 1. The van der Waals surface area contributed by atoms with Crippen molar-refractivity contribution in [3.05, 3.63) is 92.9 Å². The van der Waals surface area contributed by atoms with E-state index in [1.54, 1.807) is 0 Å². The van der Waals surface area contributed by atoms with Gasteiger partial charge in [0.15, 0.2) is 0 Å². The summed E-state index contributed by atoms with van der Waals surface area (Å²) < 4.78 is 26.5. The summed E-state index contributed by atoms with van der Waals surface area (Å²) in [7, 11) is 0. The molecule has 0 bridgehead atoms. The second-order valence-electron chi connectivity index (χ2n) is 11.1. The smallest absolute Gasteiger partial charge is 0.262 e. The third-order valence-electron chi connectivity index (χ3n) is 8.21. The first-order valence-corrected chi connectivity index (χ1v) is 14.2. The number of fused-ring (bicyclic) bond motifs is 1. The fraction of sp³-hybridized carbons (Fsp3) is 0.400. The van der Waals surface area contributed by atoms with Crippen molar-refractivity contribution in [2.45, 2.75) is 26.2 Å².